The highest BCUT2D eigenvalue weighted by atomic mass is 16.3. The van der Waals surface area contributed by atoms with Crippen molar-refractivity contribution in [3.8, 4) is 0 Å². The molecule has 0 radical (unpaired) electrons. The fourth-order valence-corrected chi connectivity index (χ4v) is 2.93. The topological polar surface area (TPSA) is 35.5 Å². The van der Waals surface area contributed by atoms with Crippen molar-refractivity contribution < 1.29 is 5.11 Å². The van der Waals surface area contributed by atoms with Gasteiger partial charge in [-0.15, -0.1) is 0 Å². The zero-order valence-corrected chi connectivity index (χ0v) is 14.5. The second-order valence-corrected chi connectivity index (χ2v) is 6.27. The van der Waals surface area contributed by atoms with Gasteiger partial charge in [-0.2, -0.15) is 0 Å². The van der Waals surface area contributed by atoms with E-state index in [0.717, 1.165) is 13.0 Å². The summed E-state index contributed by atoms with van der Waals surface area (Å²) in [5.41, 5.74) is 0. The van der Waals surface area contributed by atoms with Gasteiger partial charge in [-0.1, -0.05) is 57.6 Å². The van der Waals surface area contributed by atoms with Crippen molar-refractivity contribution in [3.63, 3.8) is 0 Å². The minimum absolute atomic E-state index is 0.223. The molecule has 3 nitrogen and oxygen atoms in total. The molecule has 0 aromatic heterocycles. The van der Waals surface area contributed by atoms with Crippen molar-refractivity contribution in [2.75, 3.05) is 13.2 Å². The normalized spacial score (nSPS) is 17.5. The van der Waals surface area contributed by atoms with Crippen molar-refractivity contribution in [1.82, 2.24) is 10.2 Å². The number of nitrogens with zero attached hydrogens (tertiary/aromatic N) is 1. The predicted molar refractivity (Wildman–Crippen MR) is 95.5 cm³/mol. The van der Waals surface area contributed by atoms with E-state index >= 15 is 0 Å². The van der Waals surface area contributed by atoms with Crippen LogP contribution < -0.4 is 5.32 Å². The zero-order chi connectivity index (χ0) is 15.9. The Labute approximate surface area is 137 Å². The quantitative estimate of drug-likeness (QED) is 0.365. The molecule has 3 heteroatoms. The molecule has 22 heavy (non-hydrogen) atoms. The van der Waals surface area contributed by atoms with Gasteiger partial charge in [0.15, 0.2) is 0 Å². The van der Waals surface area contributed by atoms with Crippen molar-refractivity contribution in [2.45, 2.75) is 83.7 Å². The SMILES string of the molecule is CCCCCCCCC/C=C/CCCC1NC=CN1CCO. The van der Waals surface area contributed by atoms with Crippen molar-refractivity contribution in [2.24, 2.45) is 0 Å². The molecule has 1 heterocycles. The highest BCUT2D eigenvalue weighted by molar-refractivity contribution is 4.94. The third kappa shape index (κ3) is 9.14. The lowest BCUT2D eigenvalue weighted by Crippen LogP contribution is -2.36. The summed E-state index contributed by atoms with van der Waals surface area (Å²) >= 11 is 0. The maximum atomic E-state index is 9.00. The molecule has 1 aliphatic heterocycles. The van der Waals surface area contributed by atoms with Crippen LogP contribution in [0.25, 0.3) is 0 Å². The lowest BCUT2D eigenvalue weighted by molar-refractivity contribution is 0.194. The van der Waals surface area contributed by atoms with E-state index < -0.39 is 0 Å². The fraction of sp³-hybridized carbons (Fsp3) is 0.789. The summed E-state index contributed by atoms with van der Waals surface area (Å²) in [6, 6.07) is 0. The van der Waals surface area contributed by atoms with Crippen LogP contribution in [-0.4, -0.2) is 29.3 Å². The molecule has 0 aliphatic carbocycles. The Hall–Kier alpha value is -0.960. The van der Waals surface area contributed by atoms with Gasteiger partial charge in [0.1, 0.15) is 0 Å². The molecule has 1 unspecified atom stereocenters. The number of β-amino-alcohol motifs (C(OH)–C–C–N with tert-alkyl or cyclic N) is 1. The lowest BCUT2D eigenvalue weighted by atomic mass is 10.1. The van der Waals surface area contributed by atoms with E-state index in [1.54, 1.807) is 0 Å². The van der Waals surface area contributed by atoms with Crippen LogP contribution in [0, 0.1) is 0 Å². The van der Waals surface area contributed by atoms with Crippen LogP contribution >= 0.6 is 0 Å². The first-order valence-electron chi connectivity index (χ1n) is 9.32. The first-order valence-corrected chi connectivity index (χ1v) is 9.32. The van der Waals surface area contributed by atoms with Gasteiger partial charge in [0, 0.05) is 18.9 Å². The summed E-state index contributed by atoms with van der Waals surface area (Å²) in [5, 5.41) is 12.3. The van der Waals surface area contributed by atoms with Gasteiger partial charge < -0.3 is 15.3 Å². The molecule has 128 valence electrons. The van der Waals surface area contributed by atoms with Crippen LogP contribution in [0.5, 0.6) is 0 Å². The van der Waals surface area contributed by atoms with Gasteiger partial charge in [0.2, 0.25) is 0 Å². The third-order valence-corrected chi connectivity index (χ3v) is 4.30. The van der Waals surface area contributed by atoms with Crippen LogP contribution in [0.3, 0.4) is 0 Å². The van der Waals surface area contributed by atoms with E-state index in [9.17, 15) is 0 Å². The Bertz CT molecular complexity index is 302. The molecule has 0 amide bonds. The molecule has 1 atom stereocenters. The molecule has 0 spiro atoms. The Morgan fingerprint density at radius 1 is 1.00 bits per heavy atom. The lowest BCUT2D eigenvalue weighted by Gasteiger charge is -2.24. The summed E-state index contributed by atoms with van der Waals surface area (Å²) in [6.07, 6.45) is 23.6. The molecule has 0 saturated heterocycles. The number of hydrogen-bond donors (Lipinski definition) is 2. The Morgan fingerprint density at radius 2 is 1.68 bits per heavy atom. The summed E-state index contributed by atoms with van der Waals surface area (Å²) in [5.74, 6) is 0. The first kappa shape index (κ1) is 19.1. The molecule has 0 aromatic carbocycles. The minimum atomic E-state index is 0.223. The highest BCUT2D eigenvalue weighted by Crippen LogP contribution is 2.12. The molecule has 0 saturated carbocycles. The predicted octanol–water partition coefficient (Wildman–Crippen LogP) is 4.55. The van der Waals surface area contributed by atoms with Crippen molar-refractivity contribution >= 4 is 0 Å². The average Bonchev–Trinajstić information content (AvgIpc) is 2.96. The molecule has 1 rings (SSSR count). The van der Waals surface area contributed by atoms with E-state index in [-0.39, 0.29) is 6.61 Å². The molecule has 0 bridgehead atoms. The molecule has 0 aromatic rings. The van der Waals surface area contributed by atoms with Gasteiger partial charge in [-0.3, -0.25) is 0 Å². The number of rotatable bonds is 14. The Kier molecular flexibility index (Phi) is 11.9. The summed E-state index contributed by atoms with van der Waals surface area (Å²) in [4.78, 5) is 2.18. The monoisotopic (exact) mass is 308 g/mol. The van der Waals surface area contributed by atoms with E-state index in [1.807, 2.05) is 12.4 Å². The Morgan fingerprint density at radius 3 is 2.41 bits per heavy atom. The largest absolute Gasteiger partial charge is 0.395 e. The van der Waals surface area contributed by atoms with Crippen LogP contribution in [0.15, 0.2) is 24.6 Å². The standard InChI is InChI=1S/C19H36N2O/c1-2-3-4-5-6-7-8-9-10-11-12-13-14-19-20-15-16-21(19)17-18-22/h10-11,15-16,19-20,22H,2-9,12-14,17-18H2,1H3/b11-10+. The summed E-state index contributed by atoms with van der Waals surface area (Å²) < 4.78 is 0. The number of unbranched alkanes of at least 4 members (excludes halogenated alkanes) is 8. The van der Waals surface area contributed by atoms with Crippen LogP contribution in [0.1, 0.15) is 77.6 Å². The second-order valence-electron chi connectivity index (χ2n) is 6.27. The molecular formula is C19H36N2O. The van der Waals surface area contributed by atoms with Crippen LogP contribution in [-0.2, 0) is 0 Å². The zero-order valence-electron chi connectivity index (χ0n) is 14.5. The van der Waals surface area contributed by atoms with Gasteiger partial charge in [-0.05, 0) is 32.1 Å². The van der Waals surface area contributed by atoms with Gasteiger partial charge in [0.05, 0.1) is 12.8 Å². The third-order valence-electron chi connectivity index (χ3n) is 4.30. The Balaban J connectivity index is 1.88. The molecule has 0 fully saturated rings. The average molecular weight is 309 g/mol. The van der Waals surface area contributed by atoms with E-state index in [1.165, 1.54) is 64.2 Å². The summed E-state index contributed by atoms with van der Waals surface area (Å²) in [6.45, 7) is 3.22. The summed E-state index contributed by atoms with van der Waals surface area (Å²) in [7, 11) is 0. The van der Waals surface area contributed by atoms with E-state index in [2.05, 4.69) is 29.3 Å². The maximum Gasteiger partial charge on any atom is 0.0982 e. The molecule has 2 N–H and O–H groups in total. The fourth-order valence-electron chi connectivity index (χ4n) is 2.93. The maximum absolute atomic E-state index is 9.00. The highest BCUT2D eigenvalue weighted by Gasteiger charge is 2.16. The van der Waals surface area contributed by atoms with E-state index in [4.69, 9.17) is 5.11 Å². The smallest absolute Gasteiger partial charge is 0.0982 e. The van der Waals surface area contributed by atoms with E-state index in [0.29, 0.717) is 6.17 Å². The van der Waals surface area contributed by atoms with Gasteiger partial charge in [0.25, 0.3) is 0 Å². The van der Waals surface area contributed by atoms with Crippen LogP contribution in [0.4, 0.5) is 0 Å². The van der Waals surface area contributed by atoms with Gasteiger partial charge in [-0.25, -0.2) is 0 Å². The minimum Gasteiger partial charge on any atom is -0.395 e. The number of nitrogens with one attached hydrogen (secondary N) is 1. The molecular weight excluding hydrogens is 272 g/mol. The van der Waals surface area contributed by atoms with Crippen LogP contribution in [0.2, 0.25) is 0 Å². The van der Waals surface area contributed by atoms with Gasteiger partial charge >= 0.3 is 0 Å². The number of aliphatic hydroxyl groups excluding tert-OH is 1. The van der Waals surface area contributed by atoms with Crippen molar-refractivity contribution in [3.05, 3.63) is 24.6 Å². The van der Waals surface area contributed by atoms with Crippen molar-refractivity contribution in [1.29, 1.82) is 0 Å². The second kappa shape index (κ2) is 13.7. The number of allylic oxidation sites excluding steroid dienone is 2. The number of aliphatic hydroxyl groups is 1. The first-order chi connectivity index (χ1) is 10.9. The number of hydrogen-bond acceptors (Lipinski definition) is 3. The molecule has 1 aliphatic rings.